The fourth-order valence-corrected chi connectivity index (χ4v) is 2.87. The lowest BCUT2D eigenvalue weighted by molar-refractivity contribution is 0.102. The summed E-state index contributed by atoms with van der Waals surface area (Å²) in [6.07, 6.45) is 0. The summed E-state index contributed by atoms with van der Waals surface area (Å²) >= 11 is 0. The topological polar surface area (TPSA) is 56.1 Å². The van der Waals surface area contributed by atoms with Crippen LogP contribution in [0.3, 0.4) is 0 Å². The molecule has 6 heteroatoms. The highest BCUT2D eigenvalue weighted by Gasteiger charge is 2.16. The number of anilines is 1. The SMILES string of the molecule is CCOc1ccc(C(=O)Nc2c(C)nn(Cc3ccccc3F)c2C)cc1. The third-order valence-corrected chi connectivity index (χ3v) is 4.33. The van der Waals surface area contributed by atoms with Crippen LogP contribution in [0.25, 0.3) is 0 Å². The van der Waals surface area contributed by atoms with Gasteiger partial charge in [0.2, 0.25) is 0 Å². The molecule has 0 unspecified atom stereocenters. The van der Waals surface area contributed by atoms with E-state index in [0.717, 1.165) is 11.4 Å². The lowest BCUT2D eigenvalue weighted by Crippen LogP contribution is -2.13. The number of carbonyl (C=O) groups excluding carboxylic acids is 1. The van der Waals surface area contributed by atoms with Gasteiger partial charge < -0.3 is 10.1 Å². The van der Waals surface area contributed by atoms with Crippen molar-refractivity contribution < 1.29 is 13.9 Å². The van der Waals surface area contributed by atoms with E-state index in [2.05, 4.69) is 10.4 Å². The minimum absolute atomic E-state index is 0.227. The van der Waals surface area contributed by atoms with Crippen LogP contribution in [0.4, 0.5) is 10.1 Å². The first-order valence-electron chi connectivity index (χ1n) is 8.81. The number of halogens is 1. The smallest absolute Gasteiger partial charge is 0.255 e. The van der Waals surface area contributed by atoms with Crippen LogP contribution in [0.15, 0.2) is 48.5 Å². The van der Waals surface area contributed by atoms with Gasteiger partial charge in [0.25, 0.3) is 5.91 Å². The van der Waals surface area contributed by atoms with Gasteiger partial charge in [0.15, 0.2) is 0 Å². The molecule has 1 heterocycles. The van der Waals surface area contributed by atoms with E-state index < -0.39 is 0 Å². The van der Waals surface area contributed by atoms with Gasteiger partial charge in [-0.05, 0) is 51.1 Å². The summed E-state index contributed by atoms with van der Waals surface area (Å²) in [5.41, 5.74) is 3.18. The maximum Gasteiger partial charge on any atom is 0.255 e. The maximum absolute atomic E-state index is 13.9. The quantitative estimate of drug-likeness (QED) is 0.705. The summed E-state index contributed by atoms with van der Waals surface area (Å²) < 4.78 is 21.0. The second-order valence-electron chi connectivity index (χ2n) is 6.21. The van der Waals surface area contributed by atoms with Crippen LogP contribution >= 0.6 is 0 Å². The lowest BCUT2D eigenvalue weighted by Gasteiger charge is -2.08. The average molecular weight is 367 g/mol. The van der Waals surface area contributed by atoms with E-state index in [9.17, 15) is 9.18 Å². The van der Waals surface area contributed by atoms with Crippen LogP contribution in [-0.2, 0) is 6.54 Å². The van der Waals surface area contributed by atoms with E-state index >= 15 is 0 Å². The van der Waals surface area contributed by atoms with Gasteiger partial charge in [-0.15, -0.1) is 0 Å². The molecular formula is C21H22FN3O2. The number of ether oxygens (including phenoxy) is 1. The predicted molar refractivity (Wildman–Crippen MR) is 103 cm³/mol. The van der Waals surface area contributed by atoms with E-state index in [4.69, 9.17) is 4.74 Å². The van der Waals surface area contributed by atoms with Crippen molar-refractivity contribution in [3.63, 3.8) is 0 Å². The number of benzene rings is 2. The Morgan fingerprint density at radius 1 is 1.15 bits per heavy atom. The van der Waals surface area contributed by atoms with Gasteiger partial charge in [-0.3, -0.25) is 9.48 Å². The molecule has 5 nitrogen and oxygen atoms in total. The van der Waals surface area contributed by atoms with Crippen molar-refractivity contribution in [2.75, 3.05) is 11.9 Å². The van der Waals surface area contributed by atoms with E-state index in [0.29, 0.717) is 35.7 Å². The zero-order valence-corrected chi connectivity index (χ0v) is 15.6. The molecule has 1 N–H and O–H groups in total. The van der Waals surface area contributed by atoms with Crippen LogP contribution < -0.4 is 10.1 Å². The summed E-state index contributed by atoms with van der Waals surface area (Å²) in [4.78, 5) is 12.6. The molecule has 1 aromatic heterocycles. The number of nitrogens with zero attached hydrogens (tertiary/aromatic N) is 2. The Morgan fingerprint density at radius 3 is 2.52 bits per heavy atom. The number of aryl methyl sites for hydroxylation is 1. The Balaban J connectivity index is 1.78. The number of nitrogens with one attached hydrogen (secondary N) is 1. The van der Waals surface area contributed by atoms with Gasteiger partial charge >= 0.3 is 0 Å². The molecule has 0 radical (unpaired) electrons. The molecule has 0 spiro atoms. The number of hydrogen-bond donors (Lipinski definition) is 1. The van der Waals surface area contributed by atoms with Gasteiger partial charge in [-0.25, -0.2) is 4.39 Å². The van der Waals surface area contributed by atoms with E-state index in [1.807, 2.05) is 20.8 Å². The van der Waals surface area contributed by atoms with Crippen molar-refractivity contribution in [2.24, 2.45) is 0 Å². The molecule has 27 heavy (non-hydrogen) atoms. The molecule has 0 aliphatic heterocycles. The Kier molecular flexibility index (Phi) is 5.54. The van der Waals surface area contributed by atoms with Crippen LogP contribution in [0.5, 0.6) is 5.75 Å². The molecule has 1 amide bonds. The van der Waals surface area contributed by atoms with Crippen molar-refractivity contribution in [1.29, 1.82) is 0 Å². The van der Waals surface area contributed by atoms with Crippen molar-refractivity contribution in [2.45, 2.75) is 27.3 Å². The normalized spacial score (nSPS) is 10.7. The number of hydrogen-bond acceptors (Lipinski definition) is 3. The largest absolute Gasteiger partial charge is 0.494 e. The number of carbonyl (C=O) groups is 1. The second-order valence-corrected chi connectivity index (χ2v) is 6.21. The zero-order valence-electron chi connectivity index (χ0n) is 15.6. The van der Waals surface area contributed by atoms with Gasteiger partial charge in [-0.2, -0.15) is 5.10 Å². The summed E-state index contributed by atoms with van der Waals surface area (Å²) in [7, 11) is 0. The Labute approximate surface area is 157 Å². The Bertz CT molecular complexity index is 949. The highest BCUT2D eigenvalue weighted by molar-refractivity contribution is 6.04. The van der Waals surface area contributed by atoms with Crippen molar-refractivity contribution in [3.05, 3.63) is 76.9 Å². The van der Waals surface area contributed by atoms with Crippen LogP contribution in [0.2, 0.25) is 0 Å². The van der Waals surface area contributed by atoms with Gasteiger partial charge in [-0.1, -0.05) is 18.2 Å². The number of aromatic nitrogens is 2. The third-order valence-electron chi connectivity index (χ3n) is 4.33. The molecular weight excluding hydrogens is 345 g/mol. The maximum atomic E-state index is 13.9. The van der Waals surface area contributed by atoms with Crippen LogP contribution in [0, 0.1) is 19.7 Å². The lowest BCUT2D eigenvalue weighted by atomic mass is 10.2. The average Bonchev–Trinajstić information content (AvgIpc) is 2.92. The minimum Gasteiger partial charge on any atom is -0.494 e. The monoisotopic (exact) mass is 367 g/mol. The molecule has 0 fully saturated rings. The Morgan fingerprint density at radius 2 is 1.85 bits per heavy atom. The van der Waals surface area contributed by atoms with Gasteiger partial charge in [0, 0.05) is 11.1 Å². The molecule has 0 atom stereocenters. The fourth-order valence-electron chi connectivity index (χ4n) is 2.87. The van der Waals surface area contributed by atoms with Crippen molar-refractivity contribution in [1.82, 2.24) is 9.78 Å². The first-order valence-corrected chi connectivity index (χ1v) is 8.81. The molecule has 2 aromatic carbocycles. The Hall–Kier alpha value is -3.15. The zero-order chi connectivity index (χ0) is 19.4. The molecule has 3 rings (SSSR count). The number of rotatable bonds is 6. The summed E-state index contributed by atoms with van der Waals surface area (Å²) in [5, 5.41) is 7.36. The summed E-state index contributed by atoms with van der Waals surface area (Å²) in [6, 6.07) is 13.6. The summed E-state index contributed by atoms with van der Waals surface area (Å²) in [5.74, 6) is 0.221. The molecule has 0 saturated heterocycles. The molecule has 0 bridgehead atoms. The predicted octanol–water partition coefficient (Wildman–Crippen LogP) is 4.34. The first-order chi connectivity index (χ1) is 13.0. The fraction of sp³-hybridized carbons (Fsp3) is 0.238. The van der Waals surface area contributed by atoms with Crippen molar-refractivity contribution in [3.8, 4) is 5.75 Å². The minimum atomic E-state index is -0.273. The first kappa shape index (κ1) is 18.6. The van der Waals surface area contributed by atoms with E-state index in [1.54, 1.807) is 47.1 Å². The highest BCUT2D eigenvalue weighted by Crippen LogP contribution is 2.22. The van der Waals surface area contributed by atoms with E-state index in [1.165, 1.54) is 6.07 Å². The second kappa shape index (κ2) is 8.03. The van der Waals surface area contributed by atoms with Gasteiger partial charge in [0.1, 0.15) is 11.6 Å². The molecule has 0 aliphatic carbocycles. The van der Waals surface area contributed by atoms with Crippen LogP contribution in [0.1, 0.15) is 34.2 Å². The van der Waals surface area contributed by atoms with Crippen molar-refractivity contribution >= 4 is 11.6 Å². The molecule has 3 aromatic rings. The molecule has 0 saturated carbocycles. The standard InChI is InChI=1S/C21H22FN3O2/c1-4-27-18-11-9-16(10-12-18)21(26)23-20-14(2)24-25(15(20)3)13-17-7-5-6-8-19(17)22/h5-12H,4,13H2,1-3H3,(H,23,26). The highest BCUT2D eigenvalue weighted by atomic mass is 19.1. The van der Waals surface area contributed by atoms with Crippen LogP contribution in [-0.4, -0.2) is 22.3 Å². The summed E-state index contributed by atoms with van der Waals surface area (Å²) in [6.45, 7) is 6.46. The third kappa shape index (κ3) is 4.16. The molecule has 140 valence electrons. The molecule has 0 aliphatic rings. The van der Waals surface area contributed by atoms with Gasteiger partial charge in [0.05, 0.1) is 30.2 Å². The number of amides is 1. The van der Waals surface area contributed by atoms with E-state index in [-0.39, 0.29) is 11.7 Å².